The van der Waals surface area contributed by atoms with Crippen molar-refractivity contribution in [2.24, 2.45) is 0 Å². The number of amides is 1. The fourth-order valence-corrected chi connectivity index (χ4v) is 2.38. The largest absolute Gasteiger partial charge is 0.490 e. The van der Waals surface area contributed by atoms with Gasteiger partial charge in [-0.2, -0.15) is 0 Å². The summed E-state index contributed by atoms with van der Waals surface area (Å²) < 4.78 is 5.93. The van der Waals surface area contributed by atoms with Gasteiger partial charge in [0.2, 0.25) is 5.91 Å². The van der Waals surface area contributed by atoms with E-state index in [1.54, 1.807) is 0 Å². The molecule has 0 saturated carbocycles. The predicted molar refractivity (Wildman–Crippen MR) is 72.0 cm³/mol. The van der Waals surface area contributed by atoms with Crippen molar-refractivity contribution in [3.63, 3.8) is 0 Å². The molecule has 0 bridgehead atoms. The topological polar surface area (TPSA) is 29.5 Å². The zero-order valence-corrected chi connectivity index (χ0v) is 11.1. The van der Waals surface area contributed by atoms with Crippen molar-refractivity contribution in [1.29, 1.82) is 0 Å². The molecule has 1 fully saturated rings. The maximum absolute atomic E-state index is 11.5. The van der Waals surface area contributed by atoms with Gasteiger partial charge in [-0.1, -0.05) is 18.2 Å². The molecule has 3 nitrogen and oxygen atoms in total. The van der Waals surface area contributed by atoms with Crippen LogP contribution >= 0.6 is 11.6 Å². The number of hydrogen-bond donors (Lipinski definition) is 0. The number of para-hydroxylation sites is 1. The second-order valence-electron chi connectivity index (χ2n) is 4.50. The Kier molecular flexibility index (Phi) is 4.88. The van der Waals surface area contributed by atoms with E-state index in [2.05, 4.69) is 0 Å². The van der Waals surface area contributed by atoms with E-state index in [0.29, 0.717) is 0 Å². The van der Waals surface area contributed by atoms with Crippen LogP contribution in [-0.4, -0.2) is 35.9 Å². The Hall–Kier alpha value is -1.22. The van der Waals surface area contributed by atoms with Crippen molar-refractivity contribution in [3.05, 3.63) is 30.3 Å². The minimum atomic E-state index is 0.0250. The molecule has 98 valence electrons. The first kappa shape index (κ1) is 13.2. The highest BCUT2D eigenvalue weighted by Crippen LogP contribution is 2.18. The second kappa shape index (κ2) is 6.64. The zero-order valence-electron chi connectivity index (χ0n) is 10.3. The van der Waals surface area contributed by atoms with Gasteiger partial charge in [0, 0.05) is 19.5 Å². The highest BCUT2D eigenvalue weighted by atomic mass is 35.5. The van der Waals surface area contributed by atoms with Crippen molar-refractivity contribution < 1.29 is 9.53 Å². The molecule has 1 heterocycles. The predicted octanol–water partition coefficient (Wildman–Crippen LogP) is 2.69. The van der Waals surface area contributed by atoms with Crippen LogP contribution in [0.3, 0.4) is 0 Å². The molecule has 1 unspecified atom stereocenters. The number of likely N-dealkylation sites (tertiary alicyclic amines) is 1. The number of halogens is 1. The maximum atomic E-state index is 11.5. The van der Waals surface area contributed by atoms with Crippen LogP contribution in [0.15, 0.2) is 30.3 Å². The smallest absolute Gasteiger partial charge is 0.237 e. The highest BCUT2D eigenvalue weighted by molar-refractivity contribution is 6.27. The Labute approximate surface area is 113 Å². The lowest BCUT2D eigenvalue weighted by Crippen LogP contribution is -2.33. The van der Waals surface area contributed by atoms with Crippen LogP contribution in [0.4, 0.5) is 0 Å². The van der Waals surface area contributed by atoms with Gasteiger partial charge in [0.05, 0.1) is 0 Å². The lowest BCUT2D eigenvalue weighted by Gasteiger charge is -2.19. The number of nitrogens with zero attached hydrogens (tertiary/aromatic N) is 1. The summed E-state index contributed by atoms with van der Waals surface area (Å²) >= 11 is 5.58. The Morgan fingerprint density at radius 1 is 1.28 bits per heavy atom. The molecule has 0 aliphatic carbocycles. The van der Waals surface area contributed by atoms with Crippen LogP contribution in [-0.2, 0) is 4.79 Å². The molecule has 1 aromatic rings. The molecule has 18 heavy (non-hydrogen) atoms. The van der Waals surface area contributed by atoms with E-state index in [0.717, 1.165) is 38.1 Å². The van der Waals surface area contributed by atoms with Crippen molar-refractivity contribution in [2.45, 2.75) is 25.4 Å². The summed E-state index contributed by atoms with van der Waals surface area (Å²) in [6.45, 7) is 1.53. The lowest BCUT2D eigenvalue weighted by molar-refractivity contribution is -0.128. The maximum Gasteiger partial charge on any atom is 0.237 e. The monoisotopic (exact) mass is 267 g/mol. The molecule has 4 heteroatoms. The number of benzene rings is 1. The zero-order chi connectivity index (χ0) is 12.8. The summed E-state index contributed by atoms with van der Waals surface area (Å²) in [6, 6.07) is 9.84. The van der Waals surface area contributed by atoms with E-state index in [9.17, 15) is 4.79 Å². The average molecular weight is 268 g/mol. The standard InChI is InChI=1S/C14H18ClNO2/c15-11-14(17)16-9-4-7-13(8-10-16)18-12-5-2-1-3-6-12/h1-3,5-6,13H,4,7-11H2. The van der Waals surface area contributed by atoms with Gasteiger partial charge < -0.3 is 9.64 Å². The molecular weight excluding hydrogens is 250 g/mol. The summed E-state index contributed by atoms with van der Waals surface area (Å²) in [5, 5.41) is 0. The summed E-state index contributed by atoms with van der Waals surface area (Å²) in [5.74, 6) is 1.00. The minimum Gasteiger partial charge on any atom is -0.490 e. The number of alkyl halides is 1. The first-order valence-electron chi connectivity index (χ1n) is 6.35. The highest BCUT2D eigenvalue weighted by Gasteiger charge is 2.20. The molecule has 1 aliphatic rings. The summed E-state index contributed by atoms with van der Waals surface area (Å²) in [7, 11) is 0. The second-order valence-corrected chi connectivity index (χ2v) is 4.77. The molecule has 1 atom stereocenters. The molecule has 2 rings (SSSR count). The van der Waals surface area contributed by atoms with Crippen LogP contribution in [0, 0.1) is 0 Å². The molecule has 0 radical (unpaired) electrons. The fraction of sp³-hybridized carbons (Fsp3) is 0.500. The number of rotatable bonds is 3. The van der Waals surface area contributed by atoms with Crippen LogP contribution in [0.5, 0.6) is 5.75 Å². The lowest BCUT2D eigenvalue weighted by atomic mass is 10.1. The van der Waals surface area contributed by atoms with Crippen LogP contribution in [0.2, 0.25) is 0 Å². The van der Waals surface area contributed by atoms with Crippen molar-refractivity contribution in [2.75, 3.05) is 19.0 Å². The third-order valence-electron chi connectivity index (χ3n) is 3.19. The van der Waals surface area contributed by atoms with Gasteiger partial charge in [-0.15, -0.1) is 11.6 Å². The number of hydrogen-bond acceptors (Lipinski definition) is 2. The molecule has 0 N–H and O–H groups in total. The van der Waals surface area contributed by atoms with Gasteiger partial charge in [-0.25, -0.2) is 0 Å². The van der Waals surface area contributed by atoms with Crippen molar-refractivity contribution in [1.82, 2.24) is 4.90 Å². The van der Waals surface area contributed by atoms with Gasteiger partial charge in [0.25, 0.3) is 0 Å². The molecule has 0 aromatic heterocycles. The fourth-order valence-electron chi connectivity index (χ4n) is 2.21. The number of carbonyl (C=O) groups is 1. The Morgan fingerprint density at radius 2 is 2.06 bits per heavy atom. The Morgan fingerprint density at radius 3 is 2.78 bits per heavy atom. The third kappa shape index (κ3) is 3.64. The SMILES string of the molecule is O=C(CCl)N1CCCC(Oc2ccccc2)CC1. The van der Waals surface area contributed by atoms with E-state index in [4.69, 9.17) is 16.3 Å². The van der Waals surface area contributed by atoms with Crippen molar-refractivity contribution >= 4 is 17.5 Å². The summed E-state index contributed by atoms with van der Waals surface area (Å²) in [6.07, 6.45) is 3.03. The first-order valence-corrected chi connectivity index (χ1v) is 6.88. The molecular formula is C14H18ClNO2. The van der Waals surface area contributed by atoms with Gasteiger partial charge in [0.15, 0.2) is 0 Å². The van der Waals surface area contributed by atoms with E-state index in [1.165, 1.54) is 0 Å². The summed E-state index contributed by atoms with van der Waals surface area (Å²) in [4.78, 5) is 13.4. The van der Waals surface area contributed by atoms with Crippen LogP contribution < -0.4 is 4.74 Å². The van der Waals surface area contributed by atoms with Crippen molar-refractivity contribution in [3.8, 4) is 5.75 Å². The number of ether oxygens (including phenoxy) is 1. The molecule has 1 aromatic carbocycles. The Balaban J connectivity index is 1.87. The molecule has 1 amide bonds. The van der Waals surface area contributed by atoms with Gasteiger partial charge in [0.1, 0.15) is 17.7 Å². The van der Waals surface area contributed by atoms with Crippen LogP contribution in [0.25, 0.3) is 0 Å². The summed E-state index contributed by atoms with van der Waals surface area (Å²) in [5.41, 5.74) is 0. The number of carbonyl (C=O) groups excluding carboxylic acids is 1. The van der Waals surface area contributed by atoms with E-state index >= 15 is 0 Å². The molecule has 1 aliphatic heterocycles. The molecule has 1 saturated heterocycles. The third-order valence-corrected chi connectivity index (χ3v) is 3.42. The van der Waals surface area contributed by atoms with Gasteiger partial charge >= 0.3 is 0 Å². The first-order chi connectivity index (χ1) is 8.79. The minimum absolute atomic E-state index is 0.0250. The quantitative estimate of drug-likeness (QED) is 0.788. The Bertz CT molecular complexity index is 383. The van der Waals surface area contributed by atoms with Gasteiger partial charge in [-0.05, 0) is 25.0 Å². The molecule has 0 spiro atoms. The normalized spacial score (nSPS) is 20.3. The average Bonchev–Trinajstić information content (AvgIpc) is 2.65. The van der Waals surface area contributed by atoms with Crippen LogP contribution in [0.1, 0.15) is 19.3 Å². The van der Waals surface area contributed by atoms with E-state index in [1.807, 2.05) is 35.2 Å². The van der Waals surface area contributed by atoms with Gasteiger partial charge in [-0.3, -0.25) is 4.79 Å². The van der Waals surface area contributed by atoms with E-state index < -0.39 is 0 Å². The van der Waals surface area contributed by atoms with E-state index in [-0.39, 0.29) is 17.9 Å².